The molecule has 1 aliphatic rings. The number of fused-ring (bicyclic) bond motifs is 1. The Morgan fingerprint density at radius 3 is 2.66 bits per heavy atom. The van der Waals surface area contributed by atoms with Gasteiger partial charge < -0.3 is 20.7 Å². The number of aldehydes is 1. The minimum Gasteiger partial charge on any atom is -0.381 e. The molecule has 3 heterocycles. The van der Waals surface area contributed by atoms with Crippen molar-refractivity contribution < 1.29 is 23.5 Å². The average Bonchev–Trinajstić information content (AvgIpc) is 3.45. The van der Waals surface area contributed by atoms with Crippen molar-refractivity contribution in [3.8, 4) is 11.1 Å². The first-order valence-corrected chi connectivity index (χ1v) is 14.9. The van der Waals surface area contributed by atoms with Gasteiger partial charge in [-0.2, -0.15) is 5.10 Å². The number of halogens is 1. The number of amides is 2. The first-order valence-electron chi connectivity index (χ1n) is 14.9. The van der Waals surface area contributed by atoms with Crippen LogP contribution in [0.4, 0.5) is 10.1 Å². The topological polar surface area (TPSA) is 132 Å². The van der Waals surface area contributed by atoms with Crippen LogP contribution in [-0.4, -0.2) is 57.0 Å². The smallest absolute Gasteiger partial charge is 0.232 e. The second kappa shape index (κ2) is 13.8. The van der Waals surface area contributed by atoms with Crippen LogP contribution in [0.5, 0.6) is 0 Å². The van der Waals surface area contributed by atoms with Crippen molar-refractivity contribution in [3.05, 3.63) is 76.9 Å². The normalized spacial score (nSPS) is 13.6. The number of primary amides is 1. The highest BCUT2D eigenvalue weighted by Crippen LogP contribution is 2.33. The number of aromatic nitrogens is 3. The van der Waals surface area contributed by atoms with E-state index in [2.05, 4.69) is 10.4 Å². The SMILES string of the molecule is CCc1nc2c(cnn2CC)c(NC2CCOCC2)c1CN(Cc1ccc(F)c(-c2cccc(C=O)c2)c1)C(=O)CC(N)=O. The maximum Gasteiger partial charge on any atom is 0.232 e. The number of nitrogens with zero attached hydrogens (tertiary/aromatic N) is 4. The molecule has 2 amide bonds. The van der Waals surface area contributed by atoms with E-state index in [-0.39, 0.29) is 19.1 Å². The summed E-state index contributed by atoms with van der Waals surface area (Å²) in [6, 6.07) is 11.5. The van der Waals surface area contributed by atoms with Gasteiger partial charge in [-0.15, -0.1) is 0 Å². The molecule has 0 spiro atoms. The number of pyridine rings is 1. The Balaban J connectivity index is 1.56. The van der Waals surface area contributed by atoms with Crippen molar-refractivity contribution in [2.24, 2.45) is 5.73 Å². The third-order valence-corrected chi connectivity index (χ3v) is 7.94. The third kappa shape index (κ3) is 6.78. The Kier molecular flexibility index (Phi) is 9.64. The molecule has 2 aromatic heterocycles. The average molecular weight is 601 g/mol. The fourth-order valence-corrected chi connectivity index (χ4v) is 5.66. The molecule has 4 aromatic rings. The van der Waals surface area contributed by atoms with Crippen molar-refractivity contribution in [3.63, 3.8) is 0 Å². The lowest BCUT2D eigenvalue weighted by Crippen LogP contribution is -2.34. The minimum atomic E-state index is -0.737. The molecule has 11 heteroatoms. The summed E-state index contributed by atoms with van der Waals surface area (Å²) >= 11 is 0. The number of hydrogen-bond acceptors (Lipinski definition) is 7. The summed E-state index contributed by atoms with van der Waals surface area (Å²) in [6.07, 6.45) is 4.31. The van der Waals surface area contributed by atoms with Gasteiger partial charge in [0.15, 0.2) is 5.65 Å². The standard InChI is InChI=1S/C33H37FN6O4/c1-3-29-27(32(37-24-10-12-44-13-11-24)26-17-36-40(4-2)33(26)38-29)19-39(31(43)16-30(35)42)18-21-8-9-28(34)25(15-21)23-7-5-6-22(14-23)20-41/h5-9,14-15,17,20,24H,3-4,10-13,16,18-19H2,1-2H3,(H2,35,42)(H,37,38). The number of aryl methyl sites for hydroxylation is 2. The first kappa shape index (κ1) is 30.8. The van der Waals surface area contributed by atoms with Crippen molar-refractivity contribution in [2.45, 2.75) is 65.2 Å². The van der Waals surface area contributed by atoms with Gasteiger partial charge in [0.1, 0.15) is 18.5 Å². The Bertz CT molecular complexity index is 1680. The fraction of sp³-hybridized carbons (Fsp3) is 0.364. The molecule has 0 bridgehead atoms. The first-order chi connectivity index (χ1) is 21.3. The van der Waals surface area contributed by atoms with Gasteiger partial charge in [-0.3, -0.25) is 14.4 Å². The van der Waals surface area contributed by atoms with Crippen LogP contribution < -0.4 is 11.1 Å². The van der Waals surface area contributed by atoms with E-state index >= 15 is 0 Å². The molecule has 0 aliphatic carbocycles. The maximum absolute atomic E-state index is 15.0. The van der Waals surface area contributed by atoms with E-state index in [1.807, 2.05) is 18.5 Å². The van der Waals surface area contributed by atoms with Crippen LogP contribution in [0, 0.1) is 5.82 Å². The number of rotatable bonds is 12. The lowest BCUT2D eigenvalue weighted by molar-refractivity contribution is -0.136. The summed E-state index contributed by atoms with van der Waals surface area (Å²) in [7, 11) is 0. The van der Waals surface area contributed by atoms with E-state index in [4.69, 9.17) is 15.5 Å². The molecule has 3 N–H and O–H groups in total. The van der Waals surface area contributed by atoms with Gasteiger partial charge in [-0.25, -0.2) is 14.1 Å². The zero-order valence-electron chi connectivity index (χ0n) is 25.0. The molecular formula is C33H37FN6O4. The molecule has 2 aromatic carbocycles. The number of nitrogens with two attached hydrogens (primary N) is 1. The summed E-state index contributed by atoms with van der Waals surface area (Å²) in [5, 5.41) is 9.13. The maximum atomic E-state index is 15.0. The Labute approximate surface area is 255 Å². The molecule has 1 aliphatic heterocycles. The molecule has 0 atom stereocenters. The van der Waals surface area contributed by atoms with E-state index < -0.39 is 24.1 Å². The number of hydrogen-bond donors (Lipinski definition) is 2. The molecule has 5 rings (SSSR count). The highest BCUT2D eigenvalue weighted by molar-refractivity contribution is 5.96. The van der Waals surface area contributed by atoms with Crippen LogP contribution in [0.15, 0.2) is 48.7 Å². The molecule has 0 radical (unpaired) electrons. The quantitative estimate of drug-likeness (QED) is 0.179. The zero-order valence-corrected chi connectivity index (χ0v) is 25.0. The van der Waals surface area contributed by atoms with Crippen molar-refractivity contribution >= 4 is 34.8 Å². The predicted octanol–water partition coefficient (Wildman–Crippen LogP) is 4.63. The van der Waals surface area contributed by atoms with Gasteiger partial charge in [0.2, 0.25) is 11.8 Å². The molecular weight excluding hydrogens is 563 g/mol. The van der Waals surface area contributed by atoms with E-state index in [9.17, 15) is 18.8 Å². The van der Waals surface area contributed by atoms with Crippen LogP contribution in [0.25, 0.3) is 22.2 Å². The number of carbonyl (C=O) groups excluding carboxylic acids is 3. The molecule has 0 unspecified atom stereocenters. The molecule has 10 nitrogen and oxygen atoms in total. The van der Waals surface area contributed by atoms with E-state index in [1.165, 1.54) is 6.07 Å². The van der Waals surface area contributed by atoms with E-state index in [1.54, 1.807) is 47.5 Å². The number of carbonyl (C=O) groups is 3. The van der Waals surface area contributed by atoms with Crippen molar-refractivity contribution in [1.82, 2.24) is 19.7 Å². The molecule has 44 heavy (non-hydrogen) atoms. The minimum absolute atomic E-state index is 0.0961. The zero-order chi connectivity index (χ0) is 31.2. The highest BCUT2D eigenvalue weighted by Gasteiger charge is 2.25. The van der Waals surface area contributed by atoms with Gasteiger partial charge in [0.05, 0.1) is 17.3 Å². The summed E-state index contributed by atoms with van der Waals surface area (Å²) < 4.78 is 22.4. The molecule has 0 saturated carbocycles. The fourth-order valence-electron chi connectivity index (χ4n) is 5.66. The predicted molar refractivity (Wildman–Crippen MR) is 165 cm³/mol. The molecule has 1 saturated heterocycles. The summed E-state index contributed by atoms with van der Waals surface area (Å²) in [5.41, 5.74) is 10.7. The van der Waals surface area contributed by atoms with Gasteiger partial charge >= 0.3 is 0 Å². The number of nitrogens with one attached hydrogen (secondary N) is 1. The Morgan fingerprint density at radius 2 is 1.95 bits per heavy atom. The van der Waals surface area contributed by atoms with Crippen molar-refractivity contribution in [2.75, 3.05) is 18.5 Å². The van der Waals surface area contributed by atoms with Crippen LogP contribution in [0.1, 0.15) is 60.3 Å². The largest absolute Gasteiger partial charge is 0.381 e. The van der Waals surface area contributed by atoms with Gasteiger partial charge in [0.25, 0.3) is 0 Å². The number of ether oxygens (including phenoxy) is 1. The second-order valence-corrected chi connectivity index (χ2v) is 10.9. The van der Waals surface area contributed by atoms with Crippen LogP contribution in [0.3, 0.4) is 0 Å². The highest BCUT2D eigenvalue weighted by atomic mass is 19.1. The number of benzene rings is 2. The van der Waals surface area contributed by atoms with E-state index in [0.717, 1.165) is 40.8 Å². The third-order valence-electron chi connectivity index (χ3n) is 7.94. The van der Waals surface area contributed by atoms with Gasteiger partial charge in [0, 0.05) is 61.3 Å². The van der Waals surface area contributed by atoms with Crippen LogP contribution in [-0.2, 0) is 40.4 Å². The summed E-state index contributed by atoms with van der Waals surface area (Å²) in [4.78, 5) is 43.3. The number of anilines is 1. The van der Waals surface area contributed by atoms with Crippen LogP contribution in [0.2, 0.25) is 0 Å². The lowest BCUT2D eigenvalue weighted by Gasteiger charge is -2.29. The van der Waals surface area contributed by atoms with Gasteiger partial charge in [-0.05, 0) is 55.5 Å². The monoisotopic (exact) mass is 600 g/mol. The van der Waals surface area contributed by atoms with Crippen LogP contribution >= 0.6 is 0 Å². The van der Waals surface area contributed by atoms with Gasteiger partial charge in [-0.1, -0.05) is 31.2 Å². The second-order valence-electron chi connectivity index (χ2n) is 10.9. The Hall–Kier alpha value is -4.64. The summed E-state index contributed by atoms with van der Waals surface area (Å²) in [6.45, 7) is 6.23. The molecule has 230 valence electrons. The Morgan fingerprint density at radius 1 is 1.16 bits per heavy atom. The lowest BCUT2D eigenvalue weighted by atomic mass is 10.00. The summed E-state index contributed by atoms with van der Waals surface area (Å²) in [5.74, 6) is -1.64. The van der Waals surface area contributed by atoms with Crippen molar-refractivity contribution in [1.29, 1.82) is 0 Å². The molecule has 1 fully saturated rings. The van der Waals surface area contributed by atoms with E-state index in [0.29, 0.717) is 54.7 Å².